The van der Waals surface area contributed by atoms with Crippen LogP contribution in [0.15, 0.2) is 60.7 Å². The molecule has 0 aliphatic carbocycles. The molecule has 112 valence electrons. The lowest BCUT2D eigenvalue weighted by Gasteiger charge is -2.34. The highest BCUT2D eigenvalue weighted by Gasteiger charge is 2.27. The molecule has 0 atom stereocenters. The highest BCUT2D eigenvalue weighted by atomic mass is 16.5. The number of para-hydroxylation sites is 1. The number of urea groups is 1. The van der Waals surface area contributed by atoms with Crippen LogP contribution >= 0.6 is 0 Å². The van der Waals surface area contributed by atoms with Crippen LogP contribution in [-0.2, 0) is 0 Å². The smallest absolute Gasteiger partial charge is 0.329 e. The van der Waals surface area contributed by atoms with E-state index in [0.717, 1.165) is 22.7 Å². The van der Waals surface area contributed by atoms with E-state index >= 15 is 0 Å². The van der Waals surface area contributed by atoms with Crippen LogP contribution < -0.4 is 9.64 Å². The quantitative estimate of drug-likeness (QED) is 0.866. The van der Waals surface area contributed by atoms with E-state index in [4.69, 9.17) is 4.74 Å². The second-order valence-electron chi connectivity index (χ2n) is 5.15. The summed E-state index contributed by atoms with van der Waals surface area (Å²) in [6, 6.07) is 17.4. The third-order valence-electron chi connectivity index (χ3n) is 3.72. The average molecular weight is 294 g/mol. The molecule has 2 aromatic rings. The number of amides is 2. The van der Waals surface area contributed by atoms with Gasteiger partial charge < -0.3 is 9.64 Å². The van der Waals surface area contributed by atoms with Gasteiger partial charge in [0.1, 0.15) is 5.75 Å². The van der Waals surface area contributed by atoms with Crippen molar-refractivity contribution in [2.75, 3.05) is 25.6 Å². The van der Waals surface area contributed by atoms with Crippen molar-refractivity contribution in [3.05, 3.63) is 66.2 Å². The summed E-state index contributed by atoms with van der Waals surface area (Å²) in [7, 11) is 3.45. The van der Waals surface area contributed by atoms with Crippen molar-refractivity contribution >= 4 is 17.4 Å². The summed E-state index contributed by atoms with van der Waals surface area (Å²) in [5.41, 5.74) is 2.75. The number of hydrogen-bond acceptors (Lipinski definition) is 2. The van der Waals surface area contributed by atoms with Gasteiger partial charge in [-0.05, 0) is 48.0 Å². The lowest BCUT2D eigenvalue weighted by Crippen LogP contribution is -2.44. The van der Waals surface area contributed by atoms with Gasteiger partial charge in [-0.15, -0.1) is 0 Å². The molecule has 0 N–H and O–H groups in total. The molecule has 0 unspecified atom stereocenters. The summed E-state index contributed by atoms with van der Waals surface area (Å²) in [4.78, 5) is 16.1. The number of benzene rings is 2. The molecule has 1 aliphatic rings. The van der Waals surface area contributed by atoms with Crippen LogP contribution in [0.1, 0.15) is 5.56 Å². The minimum absolute atomic E-state index is 0.0282. The molecule has 1 aliphatic heterocycles. The first-order chi connectivity index (χ1) is 10.7. The van der Waals surface area contributed by atoms with Crippen LogP contribution in [0.5, 0.6) is 5.75 Å². The van der Waals surface area contributed by atoms with E-state index in [0.29, 0.717) is 6.54 Å². The van der Waals surface area contributed by atoms with Crippen LogP contribution in [0.25, 0.3) is 5.70 Å². The Labute approximate surface area is 130 Å². The molecule has 3 rings (SSSR count). The van der Waals surface area contributed by atoms with E-state index in [9.17, 15) is 4.79 Å². The largest absolute Gasteiger partial charge is 0.497 e. The number of likely N-dealkylation sites (N-methyl/N-ethyl adjacent to an activating group) is 1. The number of hydrogen-bond donors (Lipinski definition) is 0. The molecule has 4 nitrogen and oxygen atoms in total. The number of carbonyl (C=O) groups is 1. The lowest BCUT2D eigenvalue weighted by atomic mass is 10.1. The Kier molecular flexibility index (Phi) is 3.83. The molecule has 0 aromatic heterocycles. The van der Waals surface area contributed by atoms with E-state index in [-0.39, 0.29) is 6.03 Å². The first-order valence-electron chi connectivity index (χ1n) is 7.15. The van der Waals surface area contributed by atoms with Crippen LogP contribution in [0.3, 0.4) is 0 Å². The second kappa shape index (κ2) is 5.93. The fourth-order valence-electron chi connectivity index (χ4n) is 2.50. The van der Waals surface area contributed by atoms with Crippen molar-refractivity contribution in [2.24, 2.45) is 0 Å². The topological polar surface area (TPSA) is 32.8 Å². The molecule has 0 bridgehead atoms. The maximum Gasteiger partial charge on any atom is 0.329 e. The molecule has 2 aromatic carbocycles. The number of nitrogens with zero attached hydrogens (tertiary/aromatic N) is 2. The van der Waals surface area contributed by atoms with Crippen molar-refractivity contribution in [2.45, 2.75) is 0 Å². The van der Waals surface area contributed by atoms with Gasteiger partial charge in [-0.25, -0.2) is 4.79 Å². The zero-order valence-electron chi connectivity index (χ0n) is 12.7. The standard InChI is InChI=1S/C18H18N2O2/c1-19-13-12-17(14-8-10-16(22-2)11-9-14)20(18(19)21)15-6-4-3-5-7-15/h3-12H,13H2,1-2H3. The van der Waals surface area contributed by atoms with Crippen molar-refractivity contribution in [1.29, 1.82) is 0 Å². The van der Waals surface area contributed by atoms with Crippen molar-refractivity contribution in [1.82, 2.24) is 4.90 Å². The first kappa shape index (κ1) is 14.2. The highest BCUT2D eigenvalue weighted by Crippen LogP contribution is 2.30. The Morgan fingerprint density at radius 3 is 2.32 bits per heavy atom. The molecule has 0 radical (unpaired) electrons. The lowest BCUT2D eigenvalue weighted by molar-refractivity contribution is 0.221. The summed E-state index contributed by atoms with van der Waals surface area (Å²) in [5, 5.41) is 0. The fourth-order valence-corrected chi connectivity index (χ4v) is 2.50. The maximum atomic E-state index is 12.6. The summed E-state index contributed by atoms with van der Waals surface area (Å²) in [5.74, 6) is 0.801. The van der Waals surface area contributed by atoms with Crippen LogP contribution in [0.2, 0.25) is 0 Å². The average Bonchev–Trinajstić information content (AvgIpc) is 2.58. The Balaban J connectivity index is 2.04. The SMILES string of the molecule is COc1ccc(C2=CCN(C)C(=O)N2c2ccccc2)cc1. The van der Waals surface area contributed by atoms with E-state index in [2.05, 4.69) is 6.08 Å². The maximum absolute atomic E-state index is 12.6. The monoisotopic (exact) mass is 294 g/mol. The van der Waals surface area contributed by atoms with E-state index < -0.39 is 0 Å². The van der Waals surface area contributed by atoms with Gasteiger partial charge in [0.05, 0.1) is 18.5 Å². The minimum atomic E-state index is -0.0282. The molecule has 2 amide bonds. The molecule has 4 heteroatoms. The zero-order chi connectivity index (χ0) is 15.5. The summed E-state index contributed by atoms with van der Waals surface area (Å²) >= 11 is 0. The molecule has 0 fully saturated rings. The van der Waals surface area contributed by atoms with Crippen molar-refractivity contribution < 1.29 is 9.53 Å². The highest BCUT2D eigenvalue weighted by molar-refractivity contribution is 6.06. The van der Waals surface area contributed by atoms with E-state index in [1.807, 2.05) is 54.6 Å². The van der Waals surface area contributed by atoms with Crippen LogP contribution in [0, 0.1) is 0 Å². The predicted molar refractivity (Wildman–Crippen MR) is 87.9 cm³/mol. The van der Waals surface area contributed by atoms with E-state index in [1.165, 1.54) is 0 Å². The van der Waals surface area contributed by atoms with Crippen molar-refractivity contribution in [3.8, 4) is 5.75 Å². The molecule has 0 saturated carbocycles. The third kappa shape index (κ3) is 2.55. The molecular weight excluding hydrogens is 276 g/mol. The fraction of sp³-hybridized carbons (Fsp3) is 0.167. The van der Waals surface area contributed by atoms with E-state index in [1.54, 1.807) is 24.0 Å². The molecule has 1 heterocycles. The summed E-state index contributed by atoms with van der Waals surface area (Å²) < 4.78 is 5.20. The Morgan fingerprint density at radius 2 is 1.68 bits per heavy atom. The number of ether oxygens (including phenoxy) is 1. The van der Waals surface area contributed by atoms with Gasteiger partial charge in [0, 0.05) is 13.6 Å². The summed E-state index contributed by atoms with van der Waals surface area (Å²) in [6.45, 7) is 0.601. The first-order valence-corrected chi connectivity index (χ1v) is 7.15. The number of anilines is 1. The molecule has 0 saturated heterocycles. The minimum Gasteiger partial charge on any atom is -0.497 e. The van der Waals surface area contributed by atoms with Gasteiger partial charge in [-0.3, -0.25) is 4.90 Å². The number of methoxy groups -OCH3 is 1. The number of rotatable bonds is 3. The van der Waals surface area contributed by atoms with Gasteiger partial charge in [-0.2, -0.15) is 0 Å². The second-order valence-corrected chi connectivity index (χ2v) is 5.15. The molecule has 0 spiro atoms. The van der Waals surface area contributed by atoms with Crippen LogP contribution in [0.4, 0.5) is 10.5 Å². The predicted octanol–water partition coefficient (Wildman–Crippen LogP) is 3.61. The van der Waals surface area contributed by atoms with Gasteiger partial charge >= 0.3 is 6.03 Å². The zero-order valence-corrected chi connectivity index (χ0v) is 12.7. The van der Waals surface area contributed by atoms with Gasteiger partial charge in [-0.1, -0.05) is 18.2 Å². The normalized spacial score (nSPS) is 14.8. The van der Waals surface area contributed by atoms with Gasteiger partial charge in [0.2, 0.25) is 0 Å². The Hall–Kier alpha value is -2.75. The van der Waals surface area contributed by atoms with Gasteiger partial charge in [0.15, 0.2) is 0 Å². The van der Waals surface area contributed by atoms with Gasteiger partial charge in [0.25, 0.3) is 0 Å². The summed E-state index contributed by atoms with van der Waals surface area (Å²) in [6.07, 6.45) is 2.07. The Bertz CT molecular complexity index is 693. The van der Waals surface area contributed by atoms with Crippen molar-refractivity contribution in [3.63, 3.8) is 0 Å². The third-order valence-corrected chi connectivity index (χ3v) is 3.72. The molecular formula is C18H18N2O2. The molecule has 22 heavy (non-hydrogen) atoms. The Morgan fingerprint density at radius 1 is 1.00 bits per heavy atom. The number of carbonyl (C=O) groups excluding carboxylic acids is 1. The van der Waals surface area contributed by atoms with Crippen LogP contribution in [-0.4, -0.2) is 31.6 Å².